The number of cyclic esters (lactones) is 1. The molecule has 8 heteroatoms. The maximum absolute atomic E-state index is 13.0. The van der Waals surface area contributed by atoms with Crippen molar-refractivity contribution in [1.82, 2.24) is 9.55 Å². The van der Waals surface area contributed by atoms with Gasteiger partial charge in [0.25, 0.3) is 0 Å². The molecule has 0 aliphatic carbocycles. The van der Waals surface area contributed by atoms with Crippen molar-refractivity contribution in [2.24, 2.45) is 0 Å². The summed E-state index contributed by atoms with van der Waals surface area (Å²) in [5, 5.41) is 3.25. The molecule has 0 saturated carbocycles. The van der Waals surface area contributed by atoms with Crippen molar-refractivity contribution in [3.05, 3.63) is 36.4 Å². The van der Waals surface area contributed by atoms with Crippen molar-refractivity contribution >= 4 is 17.6 Å². The Kier molecular flexibility index (Phi) is 3.79. The number of hydrogen-bond acceptors (Lipinski definition) is 5. The molecule has 0 radical (unpaired) electrons. The monoisotopic (exact) mass is 344 g/mol. The van der Waals surface area contributed by atoms with Gasteiger partial charge in [-0.05, 0) is 19.1 Å². The van der Waals surface area contributed by atoms with Crippen LogP contribution in [0.15, 0.2) is 36.4 Å². The van der Waals surface area contributed by atoms with E-state index in [2.05, 4.69) is 10.3 Å². The highest BCUT2D eigenvalue weighted by Crippen LogP contribution is 2.36. The molecule has 1 aromatic heterocycles. The van der Waals surface area contributed by atoms with Gasteiger partial charge in [-0.2, -0.15) is 0 Å². The third kappa shape index (κ3) is 2.59. The van der Waals surface area contributed by atoms with Crippen molar-refractivity contribution in [3.8, 4) is 17.1 Å². The number of hydrogen-bond donors (Lipinski definition) is 1. The Morgan fingerprint density at radius 1 is 1.40 bits per heavy atom. The van der Waals surface area contributed by atoms with Gasteiger partial charge in [0.2, 0.25) is 0 Å². The number of carbonyl (C=O) groups excluding carboxylic acids is 1. The van der Waals surface area contributed by atoms with Crippen LogP contribution < -0.4 is 15.0 Å². The highest BCUT2D eigenvalue weighted by Gasteiger charge is 2.32. The Balaban J connectivity index is 1.77. The first-order valence-electron chi connectivity index (χ1n) is 8.05. The number of halogens is 1. The highest BCUT2D eigenvalue weighted by atomic mass is 19.1. The highest BCUT2D eigenvalue weighted by molar-refractivity contribution is 5.93. The molecule has 1 saturated heterocycles. The summed E-state index contributed by atoms with van der Waals surface area (Å²) < 4.78 is 25.6. The van der Waals surface area contributed by atoms with Crippen LogP contribution in [0, 0.1) is 0 Å². The summed E-state index contributed by atoms with van der Waals surface area (Å²) in [6, 6.07) is 5.81. The molecule has 25 heavy (non-hydrogen) atoms. The maximum atomic E-state index is 13.0. The van der Waals surface area contributed by atoms with Crippen molar-refractivity contribution in [2.75, 3.05) is 30.0 Å². The van der Waals surface area contributed by atoms with E-state index in [4.69, 9.17) is 9.47 Å². The Hall–Kier alpha value is -3.03. The number of carbonyl (C=O) groups is 1. The maximum Gasteiger partial charge on any atom is 0.420 e. The predicted octanol–water partition coefficient (Wildman–Crippen LogP) is 3.14. The van der Waals surface area contributed by atoms with Crippen LogP contribution in [0.25, 0.3) is 11.4 Å². The fourth-order valence-electron chi connectivity index (χ4n) is 2.99. The molecule has 130 valence electrons. The van der Waals surface area contributed by atoms with Crippen LogP contribution in [0.4, 0.5) is 20.7 Å². The molecule has 4 rings (SSSR count). The number of ether oxygens (including phenoxy) is 2. The van der Waals surface area contributed by atoms with Gasteiger partial charge in [0, 0.05) is 24.5 Å². The molecular formula is C17H17FN4O3. The normalized spacial score (nSPS) is 17.6. The van der Waals surface area contributed by atoms with E-state index >= 15 is 0 Å². The molecule has 1 aromatic carbocycles. The molecule has 0 spiro atoms. The first kappa shape index (κ1) is 15.5. The average molecular weight is 344 g/mol. The van der Waals surface area contributed by atoms with Crippen LogP contribution >= 0.6 is 0 Å². The number of rotatable bonds is 3. The number of amides is 1. The lowest BCUT2D eigenvalue weighted by Crippen LogP contribution is -2.22. The number of nitrogens with zero attached hydrogens (tertiary/aromatic N) is 3. The molecule has 3 heterocycles. The number of fused-ring (bicyclic) bond motifs is 3. The lowest BCUT2D eigenvalue weighted by atomic mass is 10.1. The predicted molar refractivity (Wildman–Crippen MR) is 90.3 cm³/mol. The SMILES string of the molecule is CCNc1ccc2c(c1)OCCn1cc(N3C(=O)OC/C3=C/F)nc1-2. The van der Waals surface area contributed by atoms with Crippen LogP contribution in [0.5, 0.6) is 5.75 Å². The first-order valence-corrected chi connectivity index (χ1v) is 8.05. The molecular weight excluding hydrogens is 327 g/mol. The van der Waals surface area contributed by atoms with Crippen molar-refractivity contribution < 1.29 is 18.7 Å². The van der Waals surface area contributed by atoms with Crippen molar-refractivity contribution in [2.45, 2.75) is 13.5 Å². The van der Waals surface area contributed by atoms with Gasteiger partial charge in [-0.3, -0.25) is 0 Å². The lowest BCUT2D eigenvalue weighted by molar-refractivity contribution is 0.182. The topological polar surface area (TPSA) is 68.6 Å². The largest absolute Gasteiger partial charge is 0.491 e. The summed E-state index contributed by atoms with van der Waals surface area (Å²) in [5.41, 5.74) is 1.92. The van der Waals surface area contributed by atoms with E-state index in [1.807, 2.05) is 29.7 Å². The van der Waals surface area contributed by atoms with E-state index in [0.29, 0.717) is 31.1 Å². The fraction of sp³-hybridized carbons (Fsp3) is 0.294. The smallest absolute Gasteiger partial charge is 0.420 e. The van der Waals surface area contributed by atoms with Gasteiger partial charge in [-0.15, -0.1) is 0 Å². The van der Waals surface area contributed by atoms with E-state index in [-0.39, 0.29) is 12.3 Å². The fourth-order valence-corrected chi connectivity index (χ4v) is 2.99. The molecule has 0 atom stereocenters. The van der Waals surface area contributed by atoms with Gasteiger partial charge in [0.05, 0.1) is 17.8 Å². The average Bonchev–Trinajstić information content (AvgIpc) is 3.14. The van der Waals surface area contributed by atoms with E-state index in [9.17, 15) is 9.18 Å². The minimum Gasteiger partial charge on any atom is -0.491 e. The number of aromatic nitrogens is 2. The molecule has 2 aliphatic rings. The Bertz CT molecular complexity index is 862. The van der Waals surface area contributed by atoms with E-state index in [1.165, 1.54) is 0 Å². The molecule has 1 amide bonds. The number of anilines is 2. The summed E-state index contributed by atoms with van der Waals surface area (Å²) in [6.07, 6.45) is 1.45. The molecule has 0 bridgehead atoms. The van der Waals surface area contributed by atoms with Gasteiger partial charge in [-0.1, -0.05) is 0 Å². The third-order valence-electron chi connectivity index (χ3n) is 4.13. The number of imidazole rings is 1. The van der Waals surface area contributed by atoms with Crippen LogP contribution in [-0.4, -0.2) is 35.4 Å². The Labute approximate surface area is 143 Å². The number of benzene rings is 1. The Morgan fingerprint density at radius 2 is 2.28 bits per heavy atom. The summed E-state index contributed by atoms with van der Waals surface area (Å²) in [4.78, 5) is 17.6. The molecule has 7 nitrogen and oxygen atoms in total. The molecule has 0 unspecified atom stereocenters. The number of nitrogens with one attached hydrogen (secondary N) is 1. The molecule has 1 N–H and O–H groups in total. The second-order valence-electron chi connectivity index (χ2n) is 5.70. The molecule has 2 aliphatic heterocycles. The molecule has 2 aromatic rings. The van der Waals surface area contributed by atoms with E-state index < -0.39 is 6.09 Å². The van der Waals surface area contributed by atoms with Gasteiger partial charge < -0.3 is 19.4 Å². The zero-order valence-corrected chi connectivity index (χ0v) is 13.7. The minimum absolute atomic E-state index is 0.0940. The second kappa shape index (κ2) is 6.12. The van der Waals surface area contributed by atoms with Gasteiger partial charge in [-0.25, -0.2) is 19.1 Å². The van der Waals surface area contributed by atoms with Gasteiger partial charge in [0.1, 0.15) is 31.1 Å². The second-order valence-corrected chi connectivity index (χ2v) is 5.70. The van der Waals surface area contributed by atoms with Crippen LogP contribution in [0.1, 0.15) is 6.92 Å². The zero-order chi connectivity index (χ0) is 17.4. The van der Waals surface area contributed by atoms with E-state index in [1.54, 1.807) is 6.20 Å². The summed E-state index contributed by atoms with van der Waals surface area (Å²) in [6.45, 7) is 3.79. The van der Waals surface area contributed by atoms with Crippen molar-refractivity contribution in [3.63, 3.8) is 0 Å². The summed E-state index contributed by atoms with van der Waals surface area (Å²) >= 11 is 0. The standard InChI is InChI=1S/C17H17FN4O3/c1-2-19-11-3-4-13-14(7-11)24-6-5-21-9-15(20-16(13)21)22-12(8-18)10-25-17(22)23/h3-4,7-9,19H,2,5-6,10H2,1H3/b12-8-. The van der Waals surface area contributed by atoms with Gasteiger partial charge >= 0.3 is 6.09 Å². The summed E-state index contributed by atoms with van der Waals surface area (Å²) in [5.74, 6) is 1.73. The van der Waals surface area contributed by atoms with E-state index in [0.717, 1.165) is 28.4 Å². The zero-order valence-electron chi connectivity index (χ0n) is 13.7. The quantitative estimate of drug-likeness (QED) is 0.926. The van der Waals surface area contributed by atoms with Crippen LogP contribution in [0.3, 0.4) is 0 Å². The first-order chi connectivity index (χ1) is 12.2. The minimum atomic E-state index is -0.629. The van der Waals surface area contributed by atoms with Gasteiger partial charge in [0.15, 0.2) is 5.82 Å². The van der Waals surface area contributed by atoms with Crippen molar-refractivity contribution in [1.29, 1.82) is 0 Å². The Morgan fingerprint density at radius 3 is 3.08 bits per heavy atom. The van der Waals surface area contributed by atoms with Crippen LogP contribution in [0.2, 0.25) is 0 Å². The lowest BCUT2D eigenvalue weighted by Gasteiger charge is -2.11. The third-order valence-corrected chi connectivity index (χ3v) is 4.13. The molecule has 1 fully saturated rings. The summed E-state index contributed by atoms with van der Waals surface area (Å²) in [7, 11) is 0. The van der Waals surface area contributed by atoms with Crippen LogP contribution in [-0.2, 0) is 11.3 Å².